The zero-order chi connectivity index (χ0) is 13.5. The zero-order valence-electron chi connectivity index (χ0n) is 11.2. The van der Waals surface area contributed by atoms with Gasteiger partial charge in [-0.1, -0.05) is 29.9 Å². The van der Waals surface area contributed by atoms with Crippen LogP contribution in [0.5, 0.6) is 5.75 Å². The molecule has 0 aliphatic rings. The fourth-order valence-corrected chi connectivity index (χ4v) is 3.58. The third-order valence-corrected chi connectivity index (χ3v) is 5.33. The molecule has 0 saturated heterocycles. The van der Waals surface area contributed by atoms with E-state index in [-0.39, 0.29) is 10.7 Å². The van der Waals surface area contributed by atoms with Crippen molar-refractivity contribution in [1.82, 2.24) is 4.31 Å². The number of phenolic OH excluding ortho intramolecular Hbond substituents is 1. The Kier molecular flexibility index (Phi) is 6.82. The van der Waals surface area contributed by atoms with Crippen LogP contribution in [0, 0.1) is 0 Å². The molecule has 1 aromatic carbocycles. The number of benzene rings is 1. The summed E-state index contributed by atoms with van der Waals surface area (Å²) in [5, 5.41) is 9.33. The first kappa shape index (κ1) is 15.6. The van der Waals surface area contributed by atoms with E-state index in [1.54, 1.807) is 12.1 Å². The van der Waals surface area contributed by atoms with Crippen LogP contribution in [0.2, 0.25) is 0 Å². The number of hydrogen-bond acceptors (Lipinski definition) is 3. The summed E-state index contributed by atoms with van der Waals surface area (Å²) < 4.78 is 2.41. The Morgan fingerprint density at radius 3 is 2.50 bits per heavy atom. The molecule has 0 radical (unpaired) electrons. The highest BCUT2D eigenvalue weighted by molar-refractivity contribution is 8.12. The standard InChI is InChI=1S/C14H23NOS2/c1-4-5-10-15(12(2)11-17)18(3)14-8-6-13(16)7-9-14/h6-9,12,16-17H,3-5,10-11H2,1-2H3/t12-,18?/m1/s1. The average molecular weight is 285 g/mol. The van der Waals surface area contributed by atoms with Gasteiger partial charge in [0.25, 0.3) is 0 Å². The van der Waals surface area contributed by atoms with Gasteiger partial charge in [-0.3, -0.25) is 0 Å². The first-order valence-corrected chi connectivity index (χ1v) is 8.29. The van der Waals surface area contributed by atoms with Gasteiger partial charge in [0.1, 0.15) is 5.75 Å². The second-order valence-corrected chi connectivity index (χ2v) is 6.42. The van der Waals surface area contributed by atoms with E-state index in [1.807, 2.05) is 12.1 Å². The van der Waals surface area contributed by atoms with Gasteiger partial charge >= 0.3 is 0 Å². The van der Waals surface area contributed by atoms with Crippen LogP contribution in [0.4, 0.5) is 0 Å². The summed E-state index contributed by atoms with van der Waals surface area (Å²) in [6.45, 7) is 5.44. The number of phenols is 1. The maximum absolute atomic E-state index is 9.33. The monoisotopic (exact) mass is 285 g/mol. The molecule has 0 bridgehead atoms. The van der Waals surface area contributed by atoms with Crippen molar-refractivity contribution in [1.29, 1.82) is 0 Å². The molecule has 1 rings (SSSR count). The number of thiol groups is 1. The van der Waals surface area contributed by atoms with Crippen LogP contribution in [0.1, 0.15) is 26.7 Å². The highest BCUT2D eigenvalue weighted by atomic mass is 32.2. The van der Waals surface area contributed by atoms with Crippen molar-refractivity contribution in [3.05, 3.63) is 24.3 Å². The molecule has 0 amide bonds. The molecule has 18 heavy (non-hydrogen) atoms. The lowest BCUT2D eigenvalue weighted by molar-refractivity contribution is 0.392. The molecule has 1 N–H and O–H groups in total. The summed E-state index contributed by atoms with van der Waals surface area (Å²) in [6, 6.07) is 7.77. The van der Waals surface area contributed by atoms with Crippen LogP contribution in [0.15, 0.2) is 29.2 Å². The molecule has 4 heteroatoms. The van der Waals surface area contributed by atoms with Gasteiger partial charge in [-0.25, -0.2) is 4.31 Å². The first-order chi connectivity index (χ1) is 8.60. The second kappa shape index (κ2) is 7.87. The molecule has 2 nitrogen and oxygen atoms in total. The lowest BCUT2D eigenvalue weighted by Gasteiger charge is -2.30. The fourth-order valence-electron chi connectivity index (χ4n) is 1.69. The van der Waals surface area contributed by atoms with Gasteiger partial charge in [0.15, 0.2) is 0 Å². The van der Waals surface area contributed by atoms with Crippen molar-refractivity contribution in [3.8, 4) is 5.75 Å². The predicted molar refractivity (Wildman–Crippen MR) is 86.0 cm³/mol. The zero-order valence-corrected chi connectivity index (χ0v) is 12.9. The molecule has 102 valence electrons. The Labute approximate surface area is 118 Å². The lowest BCUT2D eigenvalue weighted by Crippen LogP contribution is -2.30. The van der Waals surface area contributed by atoms with Gasteiger partial charge in [0.2, 0.25) is 0 Å². The summed E-state index contributed by atoms with van der Waals surface area (Å²) >= 11 is 4.40. The predicted octanol–water partition coefficient (Wildman–Crippen LogP) is 3.79. The van der Waals surface area contributed by atoms with Crippen LogP contribution in [0.3, 0.4) is 0 Å². The van der Waals surface area contributed by atoms with Gasteiger partial charge in [0.05, 0.1) is 0 Å². The van der Waals surface area contributed by atoms with E-state index in [4.69, 9.17) is 0 Å². The van der Waals surface area contributed by atoms with Crippen molar-refractivity contribution >= 4 is 29.2 Å². The minimum absolute atomic E-state index is 0.188. The van der Waals surface area contributed by atoms with E-state index in [2.05, 4.69) is 36.7 Å². The smallest absolute Gasteiger partial charge is 0.115 e. The number of aromatic hydroxyl groups is 1. The summed E-state index contributed by atoms with van der Waals surface area (Å²) in [5.41, 5.74) is 0. The van der Waals surface area contributed by atoms with Crippen LogP contribution in [-0.2, 0) is 0 Å². The maximum atomic E-state index is 9.33. The molecule has 0 spiro atoms. The largest absolute Gasteiger partial charge is 0.508 e. The number of hydrogen-bond donors (Lipinski definition) is 2. The molecule has 0 saturated carbocycles. The Morgan fingerprint density at radius 1 is 1.39 bits per heavy atom. The number of nitrogens with zero attached hydrogens (tertiary/aromatic N) is 1. The third kappa shape index (κ3) is 4.34. The van der Waals surface area contributed by atoms with Crippen molar-refractivity contribution in [3.63, 3.8) is 0 Å². The topological polar surface area (TPSA) is 23.5 Å². The maximum Gasteiger partial charge on any atom is 0.115 e. The molecule has 0 fully saturated rings. The second-order valence-electron chi connectivity index (χ2n) is 4.38. The molecular formula is C14H23NOS2. The molecular weight excluding hydrogens is 262 g/mol. The van der Waals surface area contributed by atoms with Gasteiger partial charge in [0, 0.05) is 23.2 Å². The van der Waals surface area contributed by atoms with Crippen molar-refractivity contribution in [2.24, 2.45) is 0 Å². The van der Waals surface area contributed by atoms with E-state index in [0.717, 1.165) is 17.2 Å². The SMILES string of the molecule is C=S(c1ccc(O)cc1)N(CCCC)[C@H](C)CS. The van der Waals surface area contributed by atoms with E-state index in [9.17, 15) is 5.11 Å². The van der Waals surface area contributed by atoms with E-state index in [0.29, 0.717) is 11.8 Å². The van der Waals surface area contributed by atoms with Crippen molar-refractivity contribution in [2.45, 2.75) is 37.6 Å². The quantitative estimate of drug-likeness (QED) is 0.588. The van der Waals surface area contributed by atoms with E-state index in [1.165, 1.54) is 12.8 Å². The molecule has 0 aromatic heterocycles. The average Bonchev–Trinajstić information content (AvgIpc) is 2.39. The number of unbranched alkanes of at least 4 members (excludes halogenated alkanes) is 1. The van der Waals surface area contributed by atoms with Gasteiger partial charge in [-0.2, -0.15) is 12.6 Å². The molecule has 2 atom stereocenters. The lowest BCUT2D eigenvalue weighted by atomic mass is 10.3. The summed E-state index contributed by atoms with van der Waals surface area (Å²) in [4.78, 5) is 1.16. The third-order valence-electron chi connectivity index (χ3n) is 2.88. The molecule has 0 heterocycles. The van der Waals surface area contributed by atoms with Gasteiger partial charge in [-0.05, 0) is 37.6 Å². The summed E-state index contributed by atoms with van der Waals surface area (Å²) in [7, 11) is -0.188. The van der Waals surface area contributed by atoms with Gasteiger partial charge in [-0.15, -0.1) is 0 Å². The Balaban J connectivity index is 2.83. The van der Waals surface area contributed by atoms with E-state index >= 15 is 0 Å². The van der Waals surface area contributed by atoms with Crippen molar-refractivity contribution in [2.75, 3.05) is 12.3 Å². The van der Waals surface area contributed by atoms with Crippen molar-refractivity contribution < 1.29 is 5.11 Å². The summed E-state index contributed by atoms with van der Waals surface area (Å²) in [6.07, 6.45) is 2.36. The molecule has 1 unspecified atom stereocenters. The van der Waals surface area contributed by atoms with Gasteiger partial charge < -0.3 is 5.11 Å². The minimum Gasteiger partial charge on any atom is -0.508 e. The minimum atomic E-state index is -0.188. The summed E-state index contributed by atoms with van der Waals surface area (Å²) in [5.74, 6) is 5.44. The Bertz CT molecular complexity index is 378. The van der Waals surface area contributed by atoms with E-state index < -0.39 is 0 Å². The molecule has 1 aromatic rings. The normalized spacial score (nSPS) is 14.7. The number of rotatable bonds is 7. The fraction of sp³-hybridized carbons (Fsp3) is 0.500. The van der Waals surface area contributed by atoms with Crippen LogP contribution < -0.4 is 0 Å². The Hall–Kier alpha value is -0.450. The highest BCUT2D eigenvalue weighted by Crippen LogP contribution is 2.32. The molecule has 0 aliphatic heterocycles. The molecule has 0 aliphatic carbocycles. The highest BCUT2D eigenvalue weighted by Gasteiger charge is 2.15. The van der Waals surface area contributed by atoms with Crippen LogP contribution in [0.25, 0.3) is 0 Å². The first-order valence-electron chi connectivity index (χ1n) is 6.30. The van der Waals surface area contributed by atoms with Crippen LogP contribution >= 0.6 is 23.3 Å². The van der Waals surface area contributed by atoms with Crippen LogP contribution in [-0.4, -0.2) is 33.6 Å². The Morgan fingerprint density at radius 2 is 2.00 bits per heavy atom.